The van der Waals surface area contributed by atoms with E-state index in [0.29, 0.717) is 0 Å². The monoisotopic (exact) mass is 274 g/mol. The third-order valence-corrected chi connectivity index (χ3v) is 3.96. The van der Waals surface area contributed by atoms with Crippen LogP contribution >= 0.6 is 0 Å². The van der Waals surface area contributed by atoms with Gasteiger partial charge in [-0.2, -0.15) is 0 Å². The van der Waals surface area contributed by atoms with E-state index in [1.807, 2.05) is 31.2 Å². The molecule has 0 amide bonds. The van der Waals surface area contributed by atoms with E-state index < -0.39 is 0 Å². The number of esters is 1. The number of rotatable bonds is 3. The van der Waals surface area contributed by atoms with Crippen LogP contribution < -0.4 is 0 Å². The molecule has 0 bridgehead atoms. The van der Waals surface area contributed by atoms with Crippen molar-refractivity contribution in [2.75, 3.05) is 7.11 Å². The Morgan fingerprint density at radius 1 is 1.35 bits per heavy atom. The van der Waals surface area contributed by atoms with Gasteiger partial charge < -0.3 is 9.84 Å². The second-order valence-electron chi connectivity index (χ2n) is 5.39. The highest BCUT2D eigenvalue weighted by molar-refractivity contribution is 5.77. The number of carbonyl (C=O) groups excluding carboxylic acids is 1. The quantitative estimate of drug-likeness (QED) is 0.860. The minimum atomic E-state index is -0.294. The lowest BCUT2D eigenvalue weighted by molar-refractivity contribution is -0.141. The first-order chi connectivity index (χ1) is 9.61. The molecule has 0 aliphatic heterocycles. The van der Waals surface area contributed by atoms with E-state index in [1.54, 1.807) is 0 Å². The maximum Gasteiger partial charge on any atom is 0.312 e. The summed E-state index contributed by atoms with van der Waals surface area (Å²) in [6.45, 7) is 1.84. The summed E-state index contributed by atoms with van der Waals surface area (Å²) in [6.07, 6.45) is 5.87. The second kappa shape index (κ2) is 6.71. The number of ether oxygens (including phenoxy) is 1. The Morgan fingerprint density at radius 2 is 2.05 bits per heavy atom. The number of hydrogen-bond donors (Lipinski definition) is 1. The molecule has 1 aromatic carbocycles. The molecule has 3 heteroatoms. The Hall–Kier alpha value is -1.61. The van der Waals surface area contributed by atoms with Gasteiger partial charge in [-0.25, -0.2) is 0 Å². The fourth-order valence-corrected chi connectivity index (χ4v) is 2.60. The van der Waals surface area contributed by atoms with E-state index in [4.69, 9.17) is 4.74 Å². The van der Waals surface area contributed by atoms with Crippen molar-refractivity contribution in [2.45, 2.75) is 44.6 Å². The minimum Gasteiger partial charge on any atom is -0.469 e. The van der Waals surface area contributed by atoms with Crippen molar-refractivity contribution in [2.24, 2.45) is 0 Å². The molecule has 2 rings (SSSR count). The predicted molar refractivity (Wildman–Crippen MR) is 79.3 cm³/mol. The maximum atomic E-state index is 11.5. The van der Waals surface area contributed by atoms with Crippen LogP contribution in [0.25, 0.3) is 6.08 Å². The van der Waals surface area contributed by atoms with Gasteiger partial charge in [0.1, 0.15) is 0 Å². The molecule has 0 spiro atoms. The largest absolute Gasteiger partial charge is 0.469 e. The summed E-state index contributed by atoms with van der Waals surface area (Å²) < 4.78 is 4.75. The van der Waals surface area contributed by atoms with Crippen LogP contribution in [0.5, 0.6) is 0 Å². The topological polar surface area (TPSA) is 46.5 Å². The van der Waals surface area contributed by atoms with Gasteiger partial charge in [0.05, 0.1) is 19.1 Å². The summed E-state index contributed by atoms with van der Waals surface area (Å²) in [7, 11) is 1.40. The summed E-state index contributed by atoms with van der Waals surface area (Å²) in [5.74, 6) is -0.471. The summed E-state index contributed by atoms with van der Waals surface area (Å²) in [5, 5.41) is 9.95. The van der Waals surface area contributed by atoms with Gasteiger partial charge in [-0.05, 0) is 42.9 Å². The van der Waals surface area contributed by atoms with Gasteiger partial charge in [-0.1, -0.05) is 36.8 Å². The molecule has 2 unspecified atom stereocenters. The molecular weight excluding hydrogens is 252 g/mol. The summed E-state index contributed by atoms with van der Waals surface area (Å²) >= 11 is 0. The molecule has 0 radical (unpaired) electrons. The molecule has 1 N–H and O–H groups in total. The molecule has 20 heavy (non-hydrogen) atoms. The molecule has 1 aliphatic carbocycles. The van der Waals surface area contributed by atoms with Crippen LogP contribution in [0.1, 0.15) is 49.7 Å². The molecule has 3 nitrogen and oxygen atoms in total. The van der Waals surface area contributed by atoms with Crippen LogP contribution in [0.15, 0.2) is 29.8 Å². The molecule has 1 aromatic rings. The van der Waals surface area contributed by atoms with E-state index in [1.165, 1.54) is 7.11 Å². The second-order valence-corrected chi connectivity index (χ2v) is 5.39. The molecule has 0 saturated heterocycles. The highest BCUT2D eigenvalue weighted by Crippen LogP contribution is 2.26. The van der Waals surface area contributed by atoms with Crippen LogP contribution in [0.4, 0.5) is 0 Å². The lowest BCUT2D eigenvalue weighted by Crippen LogP contribution is -2.14. The predicted octanol–water partition coefficient (Wildman–Crippen LogP) is 3.28. The standard InChI is InChI=1S/C17H22O3/c1-12(17(19)20-2)14-9-7-13(8-10-14)11-15-5-3-4-6-16(15)18/h7-12,16,18H,3-6H2,1-2H3. The van der Waals surface area contributed by atoms with Gasteiger partial charge in [-0.3, -0.25) is 4.79 Å². The van der Waals surface area contributed by atoms with Crippen molar-refractivity contribution in [1.82, 2.24) is 0 Å². The summed E-state index contributed by atoms with van der Waals surface area (Å²) in [5.41, 5.74) is 3.13. The number of hydrogen-bond acceptors (Lipinski definition) is 3. The first-order valence-corrected chi connectivity index (χ1v) is 7.18. The molecule has 1 aliphatic rings. The van der Waals surface area contributed by atoms with Crippen LogP contribution in [-0.4, -0.2) is 24.3 Å². The van der Waals surface area contributed by atoms with Gasteiger partial charge in [0.15, 0.2) is 0 Å². The van der Waals surface area contributed by atoms with Gasteiger partial charge in [0.25, 0.3) is 0 Å². The van der Waals surface area contributed by atoms with Gasteiger partial charge in [-0.15, -0.1) is 0 Å². The third-order valence-electron chi connectivity index (χ3n) is 3.96. The van der Waals surface area contributed by atoms with E-state index in [2.05, 4.69) is 6.08 Å². The molecule has 2 atom stereocenters. The number of aliphatic hydroxyl groups excluding tert-OH is 1. The highest BCUT2D eigenvalue weighted by atomic mass is 16.5. The lowest BCUT2D eigenvalue weighted by Gasteiger charge is -2.20. The van der Waals surface area contributed by atoms with E-state index in [0.717, 1.165) is 42.4 Å². The first kappa shape index (κ1) is 14.8. The Kier molecular flexibility index (Phi) is 4.96. The number of carbonyl (C=O) groups is 1. The Labute approximate surface area is 120 Å². The van der Waals surface area contributed by atoms with Crippen LogP contribution in [0, 0.1) is 0 Å². The molecular formula is C17H22O3. The molecule has 1 fully saturated rings. The number of benzene rings is 1. The lowest BCUT2D eigenvalue weighted by atomic mass is 9.90. The molecule has 0 heterocycles. The van der Waals surface area contributed by atoms with Gasteiger partial charge in [0.2, 0.25) is 0 Å². The van der Waals surface area contributed by atoms with Crippen molar-refractivity contribution < 1.29 is 14.6 Å². The van der Waals surface area contributed by atoms with Gasteiger partial charge >= 0.3 is 5.97 Å². The smallest absolute Gasteiger partial charge is 0.312 e. The first-order valence-electron chi connectivity index (χ1n) is 7.18. The SMILES string of the molecule is COC(=O)C(C)c1ccc(C=C2CCCCC2O)cc1. The summed E-state index contributed by atoms with van der Waals surface area (Å²) in [4.78, 5) is 11.5. The van der Waals surface area contributed by atoms with Crippen LogP contribution in [0.3, 0.4) is 0 Å². The minimum absolute atomic E-state index is 0.223. The summed E-state index contributed by atoms with van der Waals surface area (Å²) in [6, 6.07) is 7.87. The Bertz CT molecular complexity index is 487. The van der Waals surface area contributed by atoms with Crippen molar-refractivity contribution in [3.63, 3.8) is 0 Å². The normalized spacial score (nSPS) is 22.6. The fraction of sp³-hybridized carbons (Fsp3) is 0.471. The number of aliphatic hydroxyl groups is 1. The third kappa shape index (κ3) is 3.48. The van der Waals surface area contributed by atoms with E-state index >= 15 is 0 Å². The van der Waals surface area contributed by atoms with E-state index in [9.17, 15) is 9.90 Å². The van der Waals surface area contributed by atoms with Crippen LogP contribution in [0.2, 0.25) is 0 Å². The Morgan fingerprint density at radius 3 is 2.65 bits per heavy atom. The van der Waals surface area contributed by atoms with Crippen molar-refractivity contribution in [3.8, 4) is 0 Å². The average Bonchev–Trinajstić information content (AvgIpc) is 2.49. The highest BCUT2D eigenvalue weighted by Gasteiger charge is 2.17. The van der Waals surface area contributed by atoms with Crippen molar-refractivity contribution in [3.05, 3.63) is 41.0 Å². The Balaban J connectivity index is 2.12. The zero-order valence-electron chi connectivity index (χ0n) is 12.1. The molecule has 108 valence electrons. The van der Waals surface area contributed by atoms with E-state index in [-0.39, 0.29) is 18.0 Å². The fourth-order valence-electron chi connectivity index (χ4n) is 2.60. The molecule has 1 saturated carbocycles. The maximum absolute atomic E-state index is 11.5. The van der Waals surface area contributed by atoms with Crippen LogP contribution in [-0.2, 0) is 9.53 Å². The van der Waals surface area contributed by atoms with Crippen molar-refractivity contribution >= 4 is 12.0 Å². The molecule has 0 aromatic heterocycles. The van der Waals surface area contributed by atoms with Gasteiger partial charge in [0, 0.05) is 0 Å². The zero-order chi connectivity index (χ0) is 14.5. The van der Waals surface area contributed by atoms with Crippen molar-refractivity contribution in [1.29, 1.82) is 0 Å². The zero-order valence-corrected chi connectivity index (χ0v) is 12.1. The number of methoxy groups -OCH3 is 1. The average molecular weight is 274 g/mol.